The molecule has 0 atom stereocenters. The number of hydrogen-bond acceptors (Lipinski definition) is 1. The fourth-order valence-electron chi connectivity index (χ4n) is 4.82. The van der Waals surface area contributed by atoms with Crippen LogP contribution in [0.4, 0.5) is 0 Å². The molecular formula is C30H22S. The van der Waals surface area contributed by atoms with E-state index in [1.165, 1.54) is 64.0 Å². The average molecular weight is 415 g/mol. The second-order valence-corrected chi connectivity index (χ2v) is 9.24. The number of thiophene rings is 1. The van der Waals surface area contributed by atoms with Crippen LogP contribution in [0.3, 0.4) is 0 Å². The van der Waals surface area contributed by atoms with Gasteiger partial charge in [-0.25, -0.2) is 0 Å². The van der Waals surface area contributed by atoms with E-state index in [1.54, 1.807) is 0 Å². The molecule has 0 radical (unpaired) electrons. The molecule has 148 valence electrons. The maximum absolute atomic E-state index is 2.37. The Balaban J connectivity index is 1.63. The predicted octanol–water partition coefficient (Wildman–Crippen LogP) is 9.37. The molecule has 0 N–H and O–H groups in total. The first kappa shape index (κ1) is 18.4. The van der Waals surface area contributed by atoms with E-state index in [2.05, 4.69) is 111 Å². The Morgan fingerprint density at radius 2 is 1.10 bits per heavy atom. The van der Waals surface area contributed by atoms with Gasteiger partial charge >= 0.3 is 0 Å². The number of allylic oxidation sites excluding steroid dienone is 1. The molecule has 0 saturated carbocycles. The average Bonchev–Trinajstić information content (AvgIpc) is 3.14. The van der Waals surface area contributed by atoms with Gasteiger partial charge in [-0.15, -0.1) is 11.3 Å². The van der Waals surface area contributed by atoms with E-state index in [0.717, 1.165) is 0 Å². The predicted molar refractivity (Wildman–Crippen MR) is 139 cm³/mol. The molecule has 0 bridgehead atoms. The summed E-state index contributed by atoms with van der Waals surface area (Å²) in [6, 6.07) is 31.4. The van der Waals surface area contributed by atoms with Crippen molar-refractivity contribution in [3.8, 4) is 11.1 Å². The van der Waals surface area contributed by atoms with Crippen LogP contribution in [0.15, 0.2) is 91.0 Å². The highest BCUT2D eigenvalue weighted by atomic mass is 32.1. The van der Waals surface area contributed by atoms with Gasteiger partial charge < -0.3 is 0 Å². The van der Waals surface area contributed by atoms with Gasteiger partial charge in [-0.05, 0) is 92.5 Å². The molecule has 6 rings (SSSR count). The summed E-state index contributed by atoms with van der Waals surface area (Å²) in [5.41, 5.74) is 3.92. The number of fused-ring (bicyclic) bond motifs is 7. The molecule has 0 aliphatic heterocycles. The Bertz CT molecular complexity index is 1610. The fraction of sp³-hybridized carbons (Fsp3) is 0.0667. The summed E-state index contributed by atoms with van der Waals surface area (Å²) < 4.78 is 1.35. The second-order valence-electron chi connectivity index (χ2n) is 8.15. The van der Waals surface area contributed by atoms with E-state index in [0.29, 0.717) is 0 Å². The Morgan fingerprint density at radius 3 is 1.71 bits per heavy atom. The molecular weight excluding hydrogens is 392 g/mol. The first-order valence-electron chi connectivity index (χ1n) is 10.7. The quantitative estimate of drug-likeness (QED) is 0.248. The zero-order valence-corrected chi connectivity index (χ0v) is 18.5. The molecule has 0 nitrogen and oxygen atoms in total. The Morgan fingerprint density at radius 1 is 0.581 bits per heavy atom. The normalized spacial score (nSPS) is 12.1. The summed E-state index contributed by atoms with van der Waals surface area (Å²) in [5, 5.41) is 9.29. The monoisotopic (exact) mass is 414 g/mol. The first-order valence-corrected chi connectivity index (χ1v) is 11.6. The minimum atomic E-state index is 1.27. The van der Waals surface area contributed by atoms with E-state index in [-0.39, 0.29) is 0 Å². The maximum Gasteiger partial charge on any atom is 0.0352 e. The van der Waals surface area contributed by atoms with Crippen LogP contribution >= 0.6 is 11.3 Å². The zero-order chi connectivity index (χ0) is 20.9. The molecule has 0 fully saturated rings. The number of benzene rings is 5. The topological polar surface area (TPSA) is 0 Å². The van der Waals surface area contributed by atoms with E-state index in [9.17, 15) is 0 Å². The van der Waals surface area contributed by atoms with Gasteiger partial charge in [-0.1, -0.05) is 72.8 Å². The minimum Gasteiger partial charge on any atom is -0.136 e. The van der Waals surface area contributed by atoms with Crippen molar-refractivity contribution >= 4 is 59.8 Å². The van der Waals surface area contributed by atoms with Crippen molar-refractivity contribution in [1.29, 1.82) is 0 Å². The highest BCUT2D eigenvalue weighted by Crippen LogP contribution is 2.39. The van der Waals surface area contributed by atoms with E-state index in [4.69, 9.17) is 0 Å². The van der Waals surface area contributed by atoms with E-state index < -0.39 is 0 Å². The lowest BCUT2D eigenvalue weighted by atomic mass is 9.92. The third-order valence-corrected chi connectivity index (χ3v) is 7.61. The van der Waals surface area contributed by atoms with Crippen molar-refractivity contribution in [3.63, 3.8) is 0 Å². The molecule has 31 heavy (non-hydrogen) atoms. The highest BCUT2D eigenvalue weighted by molar-refractivity contribution is 7.20. The van der Waals surface area contributed by atoms with Crippen LogP contribution in [0.1, 0.15) is 17.4 Å². The number of hydrogen-bond donors (Lipinski definition) is 0. The molecule has 5 aromatic carbocycles. The molecule has 0 unspecified atom stereocenters. The van der Waals surface area contributed by atoms with Gasteiger partial charge in [0.25, 0.3) is 0 Å². The molecule has 1 aromatic heterocycles. The van der Waals surface area contributed by atoms with Crippen molar-refractivity contribution < 1.29 is 0 Å². The Hall–Kier alpha value is -3.42. The standard InChI is InChI=1S/C30H22S/c1-3-8-29-19(2)27-17-21(14-16-30(27)31-29)20-13-15-26-24-11-5-4-9-22(24)23-10-6-7-12-25(23)28(26)18-20/h3-18H,1-2H3. The van der Waals surface area contributed by atoms with Gasteiger partial charge in [0.1, 0.15) is 0 Å². The molecule has 1 heterocycles. The summed E-state index contributed by atoms with van der Waals surface area (Å²) in [7, 11) is 0. The molecule has 0 spiro atoms. The van der Waals surface area contributed by atoms with Gasteiger partial charge in [-0.3, -0.25) is 0 Å². The molecule has 6 aromatic rings. The van der Waals surface area contributed by atoms with Gasteiger partial charge in [-0.2, -0.15) is 0 Å². The third kappa shape index (κ3) is 2.81. The summed E-state index contributed by atoms with van der Waals surface area (Å²) in [5.74, 6) is 0. The lowest BCUT2D eigenvalue weighted by molar-refractivity contribution is 1.57. The van der Waals surface area contributed by atoms with Crippen LogP contribution in [0.2, 0.25) is 0 Å². The van der Waals surface area contributed by atoms with Crippen LogP contribution in [0, 0.1) is 6.92 Å². The number of aryl methyl sites for hydroxylation is 1. The maximum atomic E-state index is 2.37. The Labute approximate surface area is 186 Å². The SMILES string of the molecule is CC=Cc1sc2ccc(-c3ccc4c5ccccc5c5ccccc5c4c3)cc2c1C. The van der Waals surface area contributed by atoms with Crippen LogP contribution < -0.4 is 0 Å². The van der Waals surface area contributed by atoms with Gasteiger partial charge in [0.05, 0.1) is 0 Å². The molecule has 0 amide bonds. The molecule has 0 aliphatic carbocycles. The van der Waals surface area contributed by atoms with Crippen LogP contribution in [-0.4, -0.2) is 0 Å². The first-order chi connectivity index (χ1) is 15.2. The van der Waals surface area contributed by atoms with Crippen molar-refractivity contribution in [2.75, 3.05) is 0 Å². The fourth-order valence-corrected chi connectivity index (χ4v) is 5.98. The van der Waals surface area contributed by atoms with Crippen molar-refractivity contribution in [3.05, 3.63) is 101 Å². The van der Waals surface area contributed by atoms with Gasteiger partial charge in [0.15, 0.2) is 0 Å². The lowest BCUT2D eigenvalue weighted by Gasteiger charge is -2.12. The van der Waals surface area contributed by atoms with Crippen molar-refractivity contribution in [2.45, 2.75) is 13.8 Å². The largest absolute Gasteiger partial charge is 0.136 e. The molecule has 0 saturated heterocycles. The summed E-state index contributed by atoms with van der Waals surface area (Å²) in [4.78, 5) is 1.35. The molecule has 0 aliphatic rings. The second kappa shape index (κ2) is 7.08. The number of rotatable bonds is 2. The van der Waals surface area contributed by atoms with Crippen LogP contribution in [-0.2, 0) is 0 Å². The van der Waals surface area contributed by atoms with E-state index in [1.807, 2.05) is 11.3 Å². The Kier molecular flexibility index (Phi) is 4.19. The van der Waals surface area contributed by atoms with E-state index >= 15 is 0 Å². The van der Waals surface area contributed by atoms with Gasteiger partial charge in [0.2, 0.25) is 0 Å². The summed E-state index contributed by atoms with van der Waals surface area (Å²) in [6.07, 6.45) is 4.34. The van der Waals surface area contributed by atoms with Crippen LogP contribution in [0.5, 0.6) is 0 Å². The van der Waals surface area contributed by atoms with Gasteiger partial charge in [0, 0.05) is 9.58 Å². The van der Waals surface area contributed by atoms with Crippen LogP contribution in [0.25, 0.3) is 59.6 Å². The van der Waals surface area contributed by atoms with Crippen molar-refractivity contribution in [1.82, 2.24) is 0 Å². The third-order valence-electron chi connectivity index (χ3n) is 6.37. The smallest absolute Gasteiger partial charge is 0.0352 e. The molecule has 1 heteroatoms. The summed E-state index contributed by atoms with van der Waals surface area (Å²) in [6.45, 7) is 4.32. The minimum absolute atomic E-state index is 1.27. The zero-order valence-electron chi connectivity index (χ0n) is 17.6. The summed E-state index contributed by atoms with van der Waals surface area (Å²) >= 11 is 1.87. The van der Waals surface area contributed by atoms with Crippen molar-refractivity contribution in [2.24, 2.45) is 0 Å². The highest BCUT2D eigenvalue weighted by Gasteiger charge is 2.11. The lowest BCUT2D eigenvalue weighted by Crippen LogP contribution is -1.85.